The second kappa shape index (κ2) is 7.13. The molecule has 28 heavy (non-hydrogen) atoms. The van der Waals surface area contributed by atoms with Crippen LogP contribution in [0.3, 0.4) is 0 Å². The second-order valence-electron chi connectivity index (χ2n) is 7.16. The molecule has 0 amide bonds. The lowest BCUT2D eigenvalue weighted by Crippen LogP contribution is -2.30. The Balaban J connectivity index is 1.85. The van der Waals surface area contributed by atoms with Crippen LogP contribution in [0.1, 0.15) is 24.8 Å². The number of fused-ring (bicyclic) bond motifs is 1. The average molecular weight is 402 g/mol. The normalized spacial score (nSPS) is 15.2. The highest BCUT2D eigenvalue weighted by atomic mass is 32.2. The number of ether oxygens (including phenoxy) is 1. The van der Waals surface area contributed by atoms with E-state index in [1.807, 2.05) is 6.92 Å². The van der Waals surface area contributed by atoms with Gasteiger partial charge in [-0.05, 0) is 68.1 Å². The largest absolute Gasteiger partial charge is 0.495 e. The van der Waals surface area contributed by atoms with Gasteiger partial charge in [0, 0.05) is 24.7 Å². The number of piperidine rings is 1. The topological polar surface area (TPSA) is 51.5 Å². The second-order valence-corrected chi connectivity index (χ2v) is 8.97. The summed E-state index contributed by atoms with van der Waals surface area (Å²) in [6.45, 7) is 3.56. The van der Waals surface area contributed by atoms with E-state index in [1.54, 1.807) is 37.6 Å². The van der Waals surface area contributed by atoms with Crippen molar-refractivity contribution in [2.45, 2.75) is 31.1 Å². The first-order chi connectivity index (χ1) is 13.4. The predicted octanol–water partition coefficient (Wildman–Crippen LogP) is 4.32. The van der Waals surface area contributed by atoms with Gasteiger partial charge < -0.3 is 9.64 Å². The van der Waals surface area contributed by atoms with Crippen LogP contribution in [0.4, 0.5) is 10.1 Å². The molecular formula is C21H23FN2O3S. The van der Waals surface area contributed by atoms with Gasteiger partial charge in [-0.15, -0.1) is 0 Å². The van der Waals surface area contributed by atoms with E-state index in [4.69, 9.17) is 4.74 Å². The van der Waals surface area contributed by atoms with Crippen molar-refractivity contribution >= 4 is 26.6 Å². The highest BCUT2D eigenvalue weighted by Crippen LogP contribution is 2.34. The number of hydrogen-bond acceptors (Lipinski definition) is 4. The average Bonchev–Trinajstić information content (AvgIpc) is 3.04. The Morgan fingerprint density at radius 2 is 1.79 bits per heavy atom. The van der Waals surface area contributed by atoms with Crippen molar-refractivity contribution in [1.29, 1.82) is 0 Å². The van der Waals surface area contributed by atoms with E-state index in [2.05, 4.69) is 4.90 Å². The number of rotatable bonds is 4. The highest BCUT2D eigenvalue weighted by molar-refractivity contribution is 7.90. The minimum atomic E-state index is -3.88. The maximum absolute atomic E-state index is 13.8. The third-order valence-corrected chi connectivity index (χ3v) is 7.01. The SMILES string of the molecule is COc1ccc(S(=O)(=O)n2cc(C)c3ccc(F)cc32)cc1N1CCCCC1. The first-order valence-corrected chi connectivity index (χ1v) is 10.8. The number of aryl methyl sites for hydroxylation is 1. The molecule has 0 atom stereocenters. The van der Waals surface area contributed by atoms with Crippen molar-refractivity contribution in [3.8, 4) is 5.75 Å². The Labute approximate surface area is 164 Å². The zero-order valence-electron chi connectivity index (χ0n) is 16.0. The van der Waals surface area contributed by atoms with Crippen LogP contribution in [0.15, 0.2) is 47.5 Å². The number of methoxy groups -OCH3 is 1. The summed E-state index contributed by atoms with van der Waals surface area (Å²) in [7, 11) is -2.29. The van der Waals surface area contributed by atoms with E-state index in [0.29, 0.717) is 11.3 Å². The molecule has 1 aliphatic rings. The first kappa shape index (κ1) is 18.8. The fraction of sp³-hybridized carbons (Fsp3) is 0.333. The molecule has 0 spiro atoms. The summed E-state index contributed by atoms with van der Waals surface area (Å²) in [6, 6.07) is 9.11. The van der Waals surface area contributed by atoms with Gasteiger partial charge in [0.1, 0.15) is 11.6 Å². The number of aromatic nitrogens is 1. The van der Waals surface area contributed by atoms with E-state index in [1.165, 1.54) is 22.5 Å². The van der Waals surface area contributed by atoms with Gasteiger partial charge in [-0.25, -0.2) is 16.8 Å². The summed E-state index contributed by atoms with van der Waals surface area (Å²) in [5, 5.41) is 0.717. The van der Waals surface area contributed by atoms with Gasteiger partial charge in [0.05, 0.1) is 23.2 Å². The van der Waals surface area contributed by atoms with E-state index in [-0.39, 0.29) is 4.90 Å². The maximum atomic E-state index is 13.8. The molecule has 0 aliphatic carbocycles. The summed E-state index contributed by atoms with van der Waals surface area (Å²) in [5.74, 6) is 0.186. The molecule has 7 heteroatoms. The van der Waals surface area contributed by atoms with Crippen LogP contribution in [0.5, 0.6) is 5.75 Å². The standard InChI is InChI=1S/C21H23FN2O3S/c1-15-14-24(19-12-16(22)6-8-18(15)19)28(25,26)17-7-9-21(27-2)20(13-17)23-10-4-3-5-11-23/h6-9,12-14H,3-5,10-11H2,1-2H3. The Hall–Kier alpha value is -2.54. The van der Waals surface area contributed by atoms with Crippen molar-refractivity contribution < 1.29 is 17.5 Å². The van der Waals surface area contributed by atoms with Crippen molar-refractivity contribution in [3.05, 3.63) is 54.0 Å². The van der Waals surface area contributed by atoms with Crippen LogP contribution < -0.4 is 9.64 Å². The van der Waals surface area contributed by atoms with E-state index in [0.717, 1.165) is 42.6 Å². The molecule has 2 aromatic carbocycles. The van der Waals surface area contributed by atoms with Gasteiger partial charge in [-0.1, -0.05) is 0 Å². The molecule has 5 nitrogen and oxygen atoms in total. The summed E-state index contributed by atoms with van der Waals surface area (Å²) in [6.07, 6.45) is 4.86. The predicted molar refractivity (Wildman–Crippen MR) is 108 cm³/mol. The van der Waals surface area contributed by atoms with Crippen molar-refractivity contribution in [1.82, 2.24) is 3.97 Å². The molecule has 148 valence electrons. The van der Waals surface area contributed by atoms with E-state index >= 15 is 0 Å². The van der Waals surface area contributed by atoms with Gasteiger partial charge in [-0.2, -0.15) is 0 Å². The molecule has 0 radical (unpaired) electrons. The molecule has 0 saturated carbocycles. The molecule has 0 unspecified atom stereocenters. The Bertz CT molecular complexity index is 1130. The summed E-state index contributed by atoms with van der Waals surface area (Å²) in [4.78, 5) is 2.33. The molecule has 2 heterocycles. The zero-order valence-corrected chi connectivity index (χ0v) is 16.8. The number of anilines is 1. The van der Waals surface area contributed by atoms with Crippen molar-refractivity contribution in [2.75, 3.05) is 25.1 Å². The molecule has 0 N–H and O–H groups in total. The van der Waals surface area contributed by atoms with E-state index in [9.17, 15) is 12.8 Å². The van der Waals surface area contributed by atoms with E-state index < -0.39 is 15.8 Å². The quantitative estimate of drug-likeness (QED) is 0.652. The van der Waals surface area contributed by atoms with Gasteiger partial charge >= 0.3 is 0 Å². The fourth-order valence-corrected chi connectivity index (χ4v) is 5.29. The maximum Gasteiger partial charge on any atom is 0.268 e. The molecule has 1 aliphatic heterocycles. The zero-order chi connectivity index (χ0) is 19.9. The summed E-state index contributed by atoms with van der Waals surface area (Å²) < 4.78 is 47.2. The lowest BCUT2D eigenvalue weighted by Gasteiger charge is -2.30. The summed E-state index contributed by atoms with van der Waals surface area (Å²) >= 11 is 0. The van der Waals surface area contributed by atoms with Crippen molar-refractivity contribution in [2.24, 2.45) is 0 Å². The number of hydrogen-bond donors (Lipinski definition) is 0. The summed E-state index contributed by atoms with van der Waals surface area (Å²) in [5.41, 5.74) is 1.90. The molecule has 3 aromatic rings. The lowest BCUT2D eigenvalue weighted by molar-refractivity contribution is 0.412. The number of halogens is 1. The van der Waals surface area contributed by atoms with Crippen LogP contribution in [-0.2, 0) is 10.0 Å². The third-order valence-electron chi connectivity index (χ3n) is 5.34. The number of nitrogens with zero attached hydrogens (tertiary/aromatic N) is 2. The third kappa shape index (κ3) is 3.13. The van der Waals surface area contributed by atoms with Gasteiger partial charge in [0.2, 0.25) is 0 Å². The first-order valence-electron chi connectivity index (χ1n) is 9.37. The fourth-order valence-electron chi connectivity index (χ4n) is 3.86. The molecule has 4 rings (SSSR count). The molecular weight excluding hydrogens is 379 g/mol. The van der Waals surface area contributed by atoms with Crippen LogP contribution >= 0.6 is 0 Å². The van der Waals surface area contributed by atoms with Gasteiger partial charge in [0.25, 0.3) is 10.0 Å². The van der Waals surface area contributed by atoms with Gasteiger partial charge in [-0.3, -0.25) is 0 Å². The van der Waals surface area contributed by atoms with Crippen LogP contribution in [-0.4, -0.2) is 32.6 Å². The van der Waals surface area contributed by atoms with Crippen LogP contribution in [0, 0.1) is 12.7 Å². The molecule has 0 bridgehead atoms. The van der Waals surface area contributed by atoms with Crippen LogP contribution in [0.2, 0.25) is 0 Å². The monoisotopic (exact) mass is 402 g/mol. The van der Waals surface area contributed by atoms with Gasteiger partial charge in [0.15, 0.2) is 0 Å². The smallest absolute Gasteiger partial charge is 0.268 e. The van der Waals surface area contributed by atoms with Crippen molar-refractivity contribution in [3.63, 3.8) is 0 Å². The molecule has 1 aromatic heterocycles. The minimum Gasteiger partial charge on any atom is -0.495 e. The Morgan fingerprint density at radius 1 is 1.04 bits per heavy atom. The Kier molecular flexibility index (Phi) is 4.79. The minimum absolute atomic E-state index is 0.162. The Morgan fingerprint density at radius 3 is 2.50 bits per heavy atom. The highest BCUT2D eigenvalue weighted by Gasteiger charge is 2.24. The molecule has 1 saturated heterocycles. The van der Waals surface area contributed by atoms with Crippen LogP contribution in [0.25, 0.3) is 10.9 Å². The number of benzene rings is 2. The lowest BCUT2D eigenvalue weighted by atomic mass is 10.1. The molecule has 1 fully saturated rings.